The van der Waals surface area contributed by atoms with Gasteiger partial charge in [0.05, 0.1) is 27.2 Å². The second-order valence-electron chi connectivity index (χ2n) is 10.7. The highest BCUT2D eigenvalue weighted by atomic mass is 35.5. The van der Waals surface area contributed by atoms with Crippen LogP contribution in [0.2, 0.25) is 10.0 Å². The van der Waals surface area contributed by atoms with Crippen molar-refractivity contribution >= 4 is 50.7 Å². The summed E-state index contributed by atoms with van der Waals surface area (Å²) in [7, 11) is -4.34. The Kier molecular flexibility index (Phi) is 11.5. The topological polar surface area (TPSA) is 96.0 Å². The van der Waals surface area contributed by atoms with Crippen LogP contribution in [0.5, 0.6) is 5.75 Å². The third kappa shape index (κ3) is 8.43. The number of carbonyl (C=O) groups is 2. The van der Waals surface area contributed by atoms with Crippen molar-refractivity contribution in [1.29, 1.82) is 0 Å². The summed E-state index contributed by atoms with van der Waals surface area (Å²) in [4.78, 5) is 28.7. The van der Waals surface area contributed by atoms with Gasteiger partial charge in [-0.2, -0.15) is 0 Å². The van der Waals surface area contributed by atoms with Crippen LogP contribution in [0.15, 0.2) is 71.6 Å². The Bertz CT molecular complexity index is 1550. The van der Waals surface area contributed by atoms with E-state index < -0.39 is 34.3 Å². The molecule has 4 rings (SSSR count). The van der Waals surface area contributed by atoms with Crippen molar-refractivity contribution < 1.29 is 27.1 Å². The molecule has 44 heavy (non-hydrogen) atoms. The highest BCUT2D eigenvalue weighted by molar-refractivity contribution is 7.92. The molecule has 1 aliphatic carbocycles. The molecule has 3 aromatic carbocycles. The average molecular weight is 665 g/mol. The van der Waals surface area contributed by atoms with Crippen molar-refractivity contribution in [3.63, 3.8) is 0 Å². The number of amides is 2. The molecular formula is C32H36Cl2FN3O5S. The summed E-state index contributed by atoms with van der Waals surface area (Å²) in [6.45, 7) is 3.20. The molecule has 0 saturated heterocycles. The fraction of sp³-hybridized carbons (Fsp3) is 0.375. The van der Waals surface area contributed by atoms with Gasteiger partial charge in [-0.15, -0.1) is 0 Å². The molecule has 0 spiro atoms. The molecule has 12 heteroatoms. The Morgan fingerprint density at radius 2 is 1.64 bits per heavy atom. The molecule has 1 atom stereocenters. The van der Waals surface area contributed by atoms with Crippen molar-refractivity contribution in [2.45, 2.75) is 69.5 Å². The molecule has 0 aliphatic heterocycles. The number of benzene rings is 3. The molecule has 0 unspecified atom stereocenters. The van der Waals surface area contributed by atoms with E-state index in [2.05, 4.69) is 5.32 Å². The van der Waals surface area contributed by atoms with Gasteiger partial charge in [0, 0.05) is 12.6 Å². The van der Waals surface area contributed by atoms with Crippen LogP contribution in [0.1, 0.15) is 51.5 Å². The van der Waals surface area contributed by atoms with E-state index in [-0.39, 0.29) is 34.1 Å². The predicted molar refractivity (Wildman–Crippen MR) is 170 cm³/mol. The molecule has 1 saturated carbocycles. The zero-order valence-corrected chi connectivity index (χ0v) is 27.0. The summed E-state index contributed by atoms with van der Waals surface area (Å²) in [5.41, 5.74) is 0.805. The maximum atomic E-state index is 14.1. The molecule has 236 valence electrons. The van der Waals surface area contributed by atoms with Gasteiger partial charge in [-0.25, -0.2) is 12.8 Å². The number of ether oxygens (including phenoxy) is 1. The van der Waals surface area contributed by atoms with Gasteiger partial charge in [0.25, 0.3) is 10.0 Å². The number of halogens is 3. The minimum atomic E-state index is -4.34. The third-order valence-corrected chi connectivity index (χ3v) is 10.1. The van der Waals surface area contributed by atoms with Gasteiger partial charge >= 0.3 is 0 Å². The number of sulfonamides is 1. The quantitative estimate of drug-likeness (QED) is 0.236. The van der Waals surface area contributed by atoms with E-state index in [1.54, 1.807) is 37.3 Å². The number of nitrogens with zero attached hydrogens (tertiary/aromatic N) is 2. The highest BCUT2D eigenvalue weighted by Crippen LogP contribution is 2.28. The van der Waals surface area contributed by atoms with E-state index in [0.29, 0.717) is 22.9 Å². The molecule has 3 aromatic rings. The van der Waals surface area contributed by atoms with Crippen LogP contribution in [0.3, 0.4) is 0 Å². The van der Waals surface area contributed by atoms with Crippen LogP contribution < -0.4 is 14.4 Å². The first-order valence-corrected chi connectivity index (χ1v) is 16.7. The van der Waals surface area contributed by atoms with Gasteiger partial charge in [0.2, 0.25) is 11.8 Å². The Balaban J connectivity index is 1.69. The zero-order chi connectivity index (χ0) is 31.9. The molecule has 2 amide bonds. The molecule has 0 heterocycles. The second-order valence-corrected chi connectivity index (χ2v) is 13.4. The lowest BCUT2D eigenvalue weighted by Gasteiger charge is -2.33. The number of hydrogen-bond donors (Lipinski definition) is 1. The minimum Gasteiger partial charge on any atom is -0.494 e. The van der Waals surface area contributed by atoms with Gasteiger partial charge in [-0.05, 0) is 92.9 Å². The normalized spacial score (nSPS) is 14.5. The number of hydrogen-bond acceptors (Lipinski definition) is 5. The summed E-state index contributed by atoms with van der Waals surface area (Å²) in [5, 5.41) is 3.68. The standard InChI is InChI=1S/C32H36Cl2FN3O5S/c1-3-43-27-14-12-26(13-15-27)38(44(41,42)28-16-10-24(35)11-17-28)21-31(39)37(20-23-9-18-29(33)30(34)19-23)22(2)32(40)36-25-7-5-4-6-8-25/h9-19,22,25H,3-8,20-21H2,1-2H3,(H,36,40)/t22-/m0/s1. The van der Waals surface area contributed by atoms with E-state index >= 15 is 0 Å². The zero-order valence-electron chi connectivity index (χ0n) is 24.6. The van der Waals surface area contributed by atoms with Gasteiger partial charge in [-0.1, -0.05) is 48.5 Å². The molecule has 0 aromatic heterocycles. The lowest BCUT2D eigenvalue weighted by molar-refractivity contribution is -0.139. The van der Waals surface area contributed by atoms with Crippen LogP contribution in [-0.4, -0.2) is 50.4 Å². The van der Waals surface area contributed by atoms with E-state index in [1.807, 2.05) is 6.92 Å². The van der Waals surface area contributed by atoms with Crippen molar-refractivity contribution in [1.82, 2.24) is 10.2 Å². The molecule has 0 bridgehead atoms. The average Bonchev–Trinajstić information content (AvgIpc) is 3.01. The molecule has 1 aliphatic rings. The van der Waals surface area contributed by atoms with E-state index in [9.17, 15) is 22.4 Å². The summed E-state index contributed by atoms with van der Waals surface area (Å²) in [6.07, 6.45) is 4.88. The Hall–Kier alpha value is -3.34. The van der Waals surface area contributed by atoms with Crippen LogP contribution in [0, 0.1) is 5.82 Å². The minimum absolute atomic E-state index is 0.0137. The Morgan fingerprint density at radius 1 is 0.977 bits per heavy atom. The first-order chi connectivity index (χ1) is 21.0. The summed E-state index contributed by atoms with van der Waals surface area (Å²) < 4.78 is 48.0. The predicted octanol–water partition coefficient (Wildman–Crippen LogP) is 6.59. The third-order valence-electron chi connectivity index (χ3n) is 7.57. The maximum Gasteiger partial charge on any atom is 0.264 e. The van der Waals surface area contributed by atoms with Gasteiger partial charge in [0.15, 0.2) is 0 Å². The number of anilines is 1. The number of carbonyl (C=O) groups excluding carboxylic acids is 2. The van der Waals surface area contributed by atoms with E-state index in [1.165, 1.54) is 17.0 Å². The monoisotopic (exact) mass is 663 g/mol. The molecule has 1 N–H and O–H groups in total. The second kappa shape index (κ2) is 15.1. The number of nitrogens with one attached hydrogen (secondary N) is 1. The SMILES string of the molecule is CCOc1ccc(N(CC(=O)N(Cc2ccc(Cl)c(Cl)c2)[C@@H](C)C(=O)NC2CCCCC2)S(=O)(=O)c2ccc(F)cc2)cc1. The molecule has 0 radical (unpaired) electrons. The van der Waals surface area contributed by atoms with Crippen LogP contribution in [0.25, 0.3) is 0 Å². The maximum absolute atomic E-state index is 14.1. The van der Waals surface area contributed by atoms with E-state index in [0.717, 1.165) is 60.7 Å². The highest BCUT2D eigenvalue weighted by Gasteiger charge is 2.33. The van der Waals surface area contributed by atoms with Gasteiger partial charge in [0.1, 0.15) is 24.2 Å². The Morgan fingerprint density at radius 3 is 2.25 bits per heavy atom. The van der Waals surface area contributed by atoms with Crippen molar-refractivity contribution in [2.24, 2.45) is 0 Å². The van der Waals surface area contributed by atoms with Gasteiger partial charge in [-0.3, -0.25) is 13.9 Å². The van der Waals surface area contributed by atoms with Crippen LogP contribution >= 0.6 is 23.2 Å². The van der Waals surface area contributed by atoms with E-state index in [4.69, 9.17) is 27.9 Å². The van der Waals surface area contributed by atoms with Crippen molar-refractivity contribution in [3.05, 3.63) is 88.2 Å². The molecule has 8 nitrogen and oxygen atoms in total. The molecular weight excluding hydrogens is 628 g/mol. The van der Waals surface area contributed by atoms with Crippen molar-refractivity contribution in [3.8, 4) is 5.75 Å². The van der Waals surface area contributed by atoms with Crippen LogP contribution in [-0.2, 0) is 26.2 Å². The molecule has 1 fully saturated rings. The Labute approximate surface area is 268 Å². The largest absolute Gasteiger partial charge is 0.494 e. The lowest BCUT2D eigenvalue weighted by atomic mass is 9.95. The first-order valence-electron chi connectivity index (χ1n) is 14.5. The smallest absolute Gasteiger partial charge is 0.264 e. The van der Waals surface area contributed by atoms with Crippen molar-refractivity contribution in [2.75, 3.05) is 17.5 Å². The first kappa shape index (κ1) is 33.6. The summed E-state index contributed by atoms with van der Waals surface area (Å²) >= 11 is 12.4. The fourth-order valence-corrected chi connectivity index (χ4v) is 6.86. The van der Waals surface area contributed by atoms with Crippen LogP contribution in [0.4, 0.5) is 10.1 Å². The summed E-state index contributed by atoms with van der Waals surface area (Å²) in [5.74, 6) is -1.03. The lowest BCUT2D eigenvalue weighted by Crippen LogP contribution is -2.53. The summed E-state index contributed by atoms with van der Waals surface area (Å²) in [6, 6.07) is 14.6. The number of rotatable bonds is 12. The fourth-order valence-electron chi connectivity index (χ4n) is 5.12. The van der Waals surface area contributed by atoms with Gasteiger partial charge < -0.3 is 15.0 Å².